The smallest absolute Gasteiger partial charge is 0.150 e. The normalized spacial score (nSPS) is 10.9. The highest BCUT2D eigenvalue weighted by atomic mass is 16.1. The van der Waals surface area contributed by atoms with Gasteiger partial charge in [-0.15, -0.1) is 0 Å². The molecule has 0 aliphatic rings. The standard InChI is InChI=1S/C21H14O/c22-14-17-9-3-6-12-20(17)21-18-10-4-1-7-15(18)13-16-8-2-5-11-19(16)21/h1-14H. The van der Waals surface area contributed by atoms with E-state index in [0.29, 0.717) is 0 Å². The Morgan fingerprint density at radius 3 is 1.82 bits per heavy atom. The Kier molecular flexibility index (Phi) is 2.97. The summed E-state index contributed by atoms with van der Waals surface area (Å²) in [6.07, 6.45) is 0.936. The van der Waals surface area contributed by atoms with E-state index in [1.54, 1.807) is 0 Å². The molecule has 0 saturated carbocycles. The van der Waals surface area contributed by atoms with Crippen LogP contribution in [0.3, 0.4) is 0 Å². The van der Waals surface area contributed by atoms with E-state index in [1.165, 1.54) is 21.5 Å². The molecule has 0 radical (unpaired) electrons. The molecule has 4 aromatic rings. The molecule has 0 heterocycles. The summed E-state index contributed by atoms with van der Waals surface area (Å²) in [6.45, 7) is 0. The average molecular weight is 282 g/mol. The molecular formula is C21H14O. The van der Waals surface area contributed by atoms with Crippen molar-refractivity contribution in [1.82, 2.24) is 0 Å². The maximum absolute atomic E-state index is 11.5. The Morgan fingerprint density at radius 1 is 0.636 bits per heavy atom. The minimum absolute atomic E-state index is 0.726. The number of rotatable bonds is 2. The van der Waals surface area contributed by atoms with Crippen LogP contribution in [0.5, 0.6) is 0 Å². The molecule has 0 aromatic heterocycles. The highest BCUT2D eigenvalue weighted by Gasteiger charge is 2.12. The number of hydrogen-bond acceptors (Lipinski definition) is 1. The molecule has 0 N–H and O–H groups in total. The Bertz CT molecular complexity index is 945. The minimum atomic E-state index is 0.726. The maximum Gasteiger partial charge on any atom is 0.150 e. The van der Waals surface area contributed by atoms with E-state index in [4.69, 9.17) is 0 Å². The van der Waals surface area contributed by atoms with Crippen molar-refractivity contribution in [2.75, 3.05) is 0 Å². The van der Waals surface area contributed by atoms with Crippen LogP contribution in [0.1, 0.15) is 10.4 Å². The lowest BCUT2D eigenvalue weighted by Crippen LogP contribution is -1.90. The Morgan fingerprint density at radius 2 is 1.18 bits per heavy atom. The first kappa shape index (κ1) is 12.8. The van der Waals surface area contributed by atoms with Gasteiger partial charge >= 0.3 is 0 Å². The molecule has 0 amide bonds. The molecule has 104 valence electrons. The first-order chi connectivity index (χ1) is 10.9. The zero-order valence-corrected chi connectivity index (χ0v) is 12.0. The van der Waals surface area contributed by atoms with Gasteiger partial charge in [-0.2, -0.15) is 0 Å². The summed E-state index contributed by atoms with van der Waals surface area (Å²) in [5.41, 5.74) is 2.85. The van der Waals surface area contributed by atoms with Gasteiger partial charge in [0, 0.05) is 5.56 Å². The van der Waals surface area contributed by atoms with Crippen LogP contribution in [0.4, 0.5) is 0 Å². The third-order valence-electron chi connectivity index (χ3n) is 4.13. The van der Waals surface area contributed by atoms with Crippen LogP contribution in [0, 0.1) is 0 Å². The third kappa shape index (κ3) is 1.91. The molecule has 0 unspecified atom stereocenters. The summed E-state index contributed by atoms with van der Waals surface area (Å²) in [4.78, 5) is 11.5. The van der Waals surface area contributed by atoms with Crippen LogP contribution < -0.4 is 0 Å². The van der Waals surface area contributed by atoms with Crippen LogP contribution >= 0.6 is 0 Å². The number of aldehydes is 1. The Balaban J connectivity index is 2.24. The largest absolute Gasteiger partial charge is 0.298 e. The molecule has 0 saturated heterocycles. The van der Waals surface area contributed by atoms with Gasteiger partial charge in [-0.3, -0.25) is 4.79 Å². The minimum Gasteiger partial charge on any atom is -0.298 e. The highest BCUT2D eigenvalue weighted by Crippen LogP contribution is 2.37. The molecule has 0 bridgehead atoms. The monoisotopic (exact) mass is 282 g/mol. The first-order valence-corrected chi connectivity index (χ1v) is 7.33. The van der Waals surface area contributed by atoms with E-state index < -0.39 is 0 Å². The van der Waals surface area contributed by atoms with Crippen molar-refractivity contribution in [3.8, 4) is 11.1 Å². The van der Waals surface area contributed by atoms with Crippen LogP contribution in [0.2, 0.25) is 0 Å². The number of benzene rings is 4. The van der Waals surface area contributed by atoms with Crippen molar-refractivity contribution < 1.29 is 4.79 Å². The van der Waals surface area contributed by atoms with Crippen molar-refractivity contribution in [1.29, 1.82) is 0 Å². The lowest BCUT2D eigenvalue weighted by molar-refractivity contribution is 0.112. The first-order valence-electron chi connectivity index (χ1n) is 7.33. The van der Waals surface area contributed by atoms with Gasteiger partial charge in [0.1, 0.15) is 0 Å². The second-order valence-corrected chi connectivity index (χ2v) is 5.40. The summed E-state index contributed by atoms with van der Waals surface area (Å²) in [7, 11) is 0. The van der Waals surface area contributed by atoms with Crippen LogP contribution in [-0.4, -0.2) is 6.29 Å². The Hall–Kier alpha value is -2.93. The summed E-state index contributed by atoms with van der Waals surface area (Å²) >= 11 is 0. The van der Waals surface area contributed by atoms with Gasteiger partial charge in [-0.05, 0) is 38.7 Å². The molecule has 0 fully saturated rings. The predicted octanol–water partition coefficient (Wildman–Crippen LogP) is 5.47. The van der Waals surface area contributed by atoms with Gasteiger partial charge in [0.05, 0.1) is 0 Å². The molecule has 22 heavy (non-hydrogen) atoms. The van der Waals surface area contributed by atoms with E-state index in [1.807, 2.05) is 48.5 Å². The fourth-order valence-corrected chi connectivity index (χ4v) is 3.13. The maximum atomic E-state index is 11.5. The van der Waals surface area contributed by atoms with Crippen molar-refractivity contribution >= 4 is 27.8 Å². The van der Waals surface area contributed by atoms with Crippen LogP contribution in [0.15, 0.2) is 78.9 Å². The molecule has 4 aromatic carbocycles. The number of fused-ring (bicyclic) bond motifs is 2. The second kappa shape index (κ2) is 5.12. The fraction of sp³-hybridized carbons (Fsp3) is 0. The van der Waals surface area contributed by atoms with Gasteiger partial charge in [0.15, 0.2) is 6.29 Å². The lowest BCUT2D eigenvalue weighted by Gasteiger charge is -2.13. The topological polar surface area (TPSA) is 17.1 Å². The van der Waals surface area contributed by atoms with E-state index in [0.717, 1.165) is 23.0 Å². The summed E-state index contributed by atoms with van der Waals surface area (Å²) in [6, 6.07) is 26.7. The van der Waals surface area contributed by atoms with Gasteiger partial charge in [0.2, 0.25) is 0 Å². The van der Waals surface area contributed by atoms with Crippen molar-refractivity contribution in [3.05, 3.63) is 84.4 Å². The van der Waals surface area contributed by atoms with Crippen molar-refractivity contribution in [3.63, 3.8) is 0 Å². The zero-order valence-electron chi connectivity index (χ0n) is 12.0. The SMILES string of the molecule is O=Cc1ccccc1-c1c2ccccc2cc2ccccc12. The summed E-state index contributed by atoms with van der Waals surface area (Å²) < 4.78 is 0. The van der Waals surface area contributed by atoms with E-state index in [2.05, 4.69) is 30.3 Å². The summed E-state index contributed by atoms with van der Waals surface area (Å²) in [5, 5.41) is 4.74. The zero-order chi connectivity index (χ0) is 14.9. The van der Waals surface area contributed by atoms with Crippen molar-refractivity contribution in [2.24, 2.45) is 0 Å². The average Bonchev–Trinajstić information content (AvgIpc) is 2.59. The molecule has 1 nitrogen and oxygen atoms in total. The van der Waals surface area contributed by atoms with E-state index >= 15 is 0 Å². The van der Waals surface area contributed by atoms with Gasteiger partial charge in [-0.1, -0.05) is 72.8 Å². The Labute approximate surface area is 128 Å². The highest BCUT2D eigenvalue weighted by molar-refractivity contribution is 6.14. The molecule has 0 spiro atoms. The number of carbonyl (C=O) groups is 1. The van der Waals surface area contributed by atoms with Crippen LogP contribution in [0.25, 0.3) is 32.7 Å². The molecular weight excluding hydrogens is 268 g/mol. The predicted molar refractivity (Wildman–Crippen MR) is 92.3 cm³/mol. The van der Waals surface area contributed by atoms with Gasteiger partial charge < -0.3 is 0 Å². The quantitative estimate of drug-likeness (QED) is 0.352. The van der Waals surface area contributed by atoms with Crippen molar-refractivity contribution in [2.45, 2.75) is 0 Å². The van der Waals surface area contributed by atoms with Gasteiger partial charge in [-0.25, -0.2) is 0 Å². The van der Waals surface area contributed by atoms with E-state index in [-0.39, 0.29) is 0 Å². The summed E-state index contributed by atoms with van der Waals surface area (Å²) in [5.74, 6) is 0. The lowest BCUT2D eigenvalue weighted by atomic mass is 9.90. The molecule has 1 heteroatoms. The second-order valence-electron chi connectivity index (χ2n) is 5.40. The third-order valence-corrected chi connectivity index (χ3v) is 4.13. The van der Waals surface area contributed by atoms with Gasteiger partial charge in [0.25, 0.3) is 0 Å². The van der Waals surface area contributed by atoms with E-state index in [9.17, 15) is 4.79 Å². The fourth-order valence-electron chi connectivity index (χ4n) is 3.13. The molecule has 4 rings (SSSR count). The number of hydrogen-bond donors (Lipinski definition) is 0. The molecule has 0 aliphatic heterocycles. The molecule has 0 aliphatic carbocycles. The van der Waals surface area contributed by atoms with Crippen LogP contribution in [-0.2, 0) is 0 Å². The molecule has 0 atom stereocenters. The number of carbonyl (C=O) groups excluding carboxylic acids is 1.